The molecule has 0 saturated carbocycles. The highest BCUT2D eigenvalue weighted by molar-refractivity contribution is 8.04. The van der Waals surface area contributed by atoms with Gasteiger partial charge in [-0.2, -0.15) is 0 Å². The van der Waals surface area contributed by atoms with Crippen molar-refractivity contribution in [1.82, 2.24) is 4.13 Å². The minimum Gasteiger partial charge on any atom is -0.206 e. The normalized spacial score (nSPS) is 11.9. The molecule has 0 spiro atoms. The van der Waals surface area contributed by atoms with Crippen LogP contribution in [0.4, 0.5) is 0 Å². The fourth-order valence-corrected chi connectivity index (χ4v) is 6.07. The zero-order valence-electron chi connectivity index (χ0n) is 16.3. The van der Waals surface area contributed by atoms with Crippen molar-refractivity contribution in [2.45, 2.75) is 9.79 Å². The average Bonchev–Trinajstić information content (AvgIpc) is 2.80. The van der Waals surface area contributed by atoms with Crippen LogP contribution in [-0.4, -0.2) is 16.8 Å². The van der Waals surface area contributed by atoms with Gasteiger partial charge in [-0.25, -0.2) is 16.8 Å². The van der Waals surface area contributed by atoms with Gasteiger partial charge in [0.25, 0.3) is 20.0 Å². The first-order valence-electron chi connectivity index (χ1n) is 9.45. The standard InChI is InChI=1S/C24H19NO4S2/c26-30(27,23-15-11-21(12-16-23)19-7-3-1-4-8-19)25-31(28,29)24-17-13-22(14-18-24)20-9-5-2-6-10-20/h1-18,25H. The van der Waals surface area contributed by atoms with E-state index in [-0.39, 0.29) is 9.79 Å². The lowest BCUT2D eigenvalue weighted by Gasteiger charge is -2.10. The third kappa shape index (κ3) is 4.74. The fraction of sp³-hybridized carbons (Fsp3) is 0. The molecule has 0 radical (unpaired) electrons. The molecule has 0 unspecified atom stereocenters. The topological polar surface area (TPSA) is 80.3 Å². The summed E-state index contributed by atoms with van der Waals surface area (Å²) in [4.78, 5) is -0.256. The van der Waals surface area contributed by atoms with Gasteiger partial charge in [0.1, 0.15) is 0 Å². The second-order valence-electron chi connectivity index (χ2n) is 6.87. The van der Waals surface area contributed by atoms with Crippen molar-refractivity contribution >= 4 is 20.0 Å². The molecule has 7 heteroatoms. The van der Waals surface area contributed by atoms with Crippen molar-refractivity contribution in [1.29, 1.82) is 0 Å². The number of sulfonamides is 2. The Bertz CT molecular complexity index is 1270. The molecule has 0 amide bonds. The second-order valence-corrected chi connectivity index (χ2v) is 10.5. The predicted molar refractivity (Wildman–Crippen MR) is 121 cm³/mol. The van der Waals surface area contributed by atoms with E-state index >= 15 is 0 Å². The number of nitrogens with one attached hydrogen (secondary N) is 1. The summed E-state index contributed by atoms with van der Waals surface area (Å²) in [5.74, 6) is 0. The molecule has 0 fully saturated rings. The van der Waals surface area contributed by atoms with E-state index in [2.05, 4.69) is 0 Å². The van der Waals surface area contributed by atoms with Crippen LogP contribution in [0.1, 0.15) is 0 Å². The van der Waals surface area contributed by atoms with Gasteiger partial charge in [0.05, 0.1) is 9.79 Å². The van der Waals surface area contributed by atoms with Gasteiger partial charge in [-0.05, 0) is 46.5 Å². The molecule has 0 aliphatic rings. The summed E-state index contributed by atoms with van der Waals surface area (Å²) in [7, 11) is -8.53. The van der Waals surface area contributed by atoms with Gasteiger partial charge in [0.2, 0.25) is 0 Å². The Labute approximate surface area is 182 Å². The Kier molecular flexibility index (Phi) is 5.73. The first-order valence-corrected chi connectivity index (χ1v) is 12.4. The van der Waals surface area contributed by atoms with E-state index in [4.69, 9.17) is 0 Å². The van der Waals surface area contributed by atoms with E-state index in [0.29, 0.717) is 0 Å². The van der Waals surface area contributed by atoms with Gasteiger partial charge in [-0.1, -0.05) is 84.9 Å². The summed E-state index contributed by atoms with van der Waals surface area (Å²) >= 11 is 0. The van der Waals surface area contributed by atoms with Crippen LogP contribution in [-0.2, 0) is 20.0 Å². The summed E-state index contributed by atoms with van der Waals surface area (Å²) in [6, 6.07) is 31.1. The van der Waals surface area contributed by atoms with Crippen LogP contribution in [0.3, 0.4) is 0 Å². The Morgan fingerprint density at radius 1 is 0.387 bits per heavy atom. The van der Waals surface area contributed by atoms with E-state index in [0.717, 1.165) is 22.3 Å². The van der Waals surface area contributed by atoms with Crippen LogP contribution in [0.25, 0.3) is 22.3 Å². The smallest absolute Gasteiger partial charge is 0.206 e. The molecule has 31 heavy (non-hydrogen) atoms. The zero-order valence-corrected chi connectivity index (χ0v) is 18.0. The molecule has 0 aliphatic heterocycles. The minimum absolute atomic E-state index is 0.128. The highest BCUT2D eigenvalue weighted by Gasteiger charge is 2.24. The minimum atomic E-state index is -4.27. The zero-order chi connectivity index (χ0) is 21.9. The Morgan fingerprint density at radius 2 is 0.677 bits per heavy atom. The molecule has 5 nitrogen and oxygen atoms in total. The molecule has 0 saturated heterocycles. The van der Waals surface area contributed by atoms with Crippen molar-refractivity contribution in [3.8, 4) is 22.3 Å². The quantitative estimate of drug-likeness (QED) is 0.463. The molecule has 0 aliphatic carbocycles. The first kappa shape index (κ1) is 21.0. The van der Waals surface area contributed by atoms with Crippen LogP contribution in [0.5, 0.6) is 0 Å². The van der Waals surface area contributed by atoms with E-state index in [1.54, 1.807) is 24.3 Å². The van der Waals surface area contributed by atoms with E-state index in [1.165, 1.54) is 24.3 Å². The maximum Gasteiger partial charge on any atom is 0.253 e. The number of hydrogen-bond donors (Lipinski definition) is 1. The summed E-state index contributed by atoms with van der Waals surface area (Å²) in [5, 5.41) is 0. The monoisotopic (exact) mass is 449 g/mol. The molecule has 1 N–H and O–H groups in total. The fourth-order valence-electron chi connectivity index (χ4n) is 3.15. The van der Waals surface area contributed by atoms with Crippen molar-refractivity contribution in [2.24, 2.45) is 0 Å². The lowest BCUT2D eigenvalue weighted by Crippen LogP contribution is -2.30. The van der Waals surface area contributed by atoms with Crippen molar-refractivity contribution in [2.75, 3.05) is 0 Å². The summed E-state index contributed by atoms with van der Waals surface area (Å²) < 4.78 is 52.5. The van der Waals surface area contributed by atoms with E-state index < -0.39 is 20.0 Å². The third-order valence-corrected chi connectivity index (χ3v) is 8.30. The van der Waals surface area contributed by atoms with Gasteiger partial charge >= 0.3 is 0 Å². The maximum atomic E-state index is 12.7. The molecule has 4 aromatic carbocycles. The maximum absolute atomic E-state index is 12.7. The Hall–Kier alpha value is -3.26. The van der Waals surface area contributed by atoms with Gasteiger partial charge < -0.3 is 0 Å². The number of hydrogen-bond acceptors (Lipinski definition) is 4. The SMILES string of the molecule is O=S(=O)(NS(=O)(=O)c1ccc(-c2ccccc2)cc1)c1ccc(-c2ccccc2)cc1. The molecule has 0 aromatic heterocycles. The highest BCUT2D eigenvalue weighted by atomic mass is 32.3. The van der Waals surface area contributed by atoms with Crippen LogP contribution in [0.15, 0.2) is 119 Å². The van der Waals surface area contributed by atoms with Crippen LogP contribution in [0, 0.1) is 0 Å². The largest absolute Gasteiger partial charge is 0.253 e. The molecule has 0 bridgehead atoms. The lowest BCUT2D eigenvalue weighted by atomic mass is 10.1. The molecule has 156 valence electrons. The summed E-state index contributed by atoms with van der Waals surface area (Å²) in [6.07, 6.45) is 0. The molecular formula is C24H19NO4S2. The van der Waals surface area contributed by atoms with Crippen LogP contribution < -0.4 is 4.13 Å². The van der Waals surface area contributed by atoms with Crippen molar-refractivity contribution < 1.29 is 16.8 Å². The molecule has 4 aromatic rings. The summed E-state index contributed by atoms with van der Waals surface area (Å²) in [5.41, 5.74) is 3.54. The Balaban J connectivity index is 1.55. The lowest BCUT2D eigenvalue weighted by molar-refractivity contribution is 0.577. The van der Waals surface area contributed by atoms with Gasteiger partial charge in [0, 0.05) is 0 Å². The Morgan fingerprint density at radius 3 is 1.00 bits per heavy atom. The van der Waals surface area contributed by atoms with E-state index in [1.807, 2.05) is 64.8 Å². The second kappa shape index (κ2) is 8.47. The van der Waals surface area contributed by atoms with E-state index in [9.17, 15) is 16.8 Å². The first-order chi connectivity index (χ1) is 14.9. The van der Waals surface area contributed by atoms with Crippen LogP contribution in [0.2, 0.25) is 0 Å². The van der Waals surface area contributed by atoms with Crippen molar-refractivity contribution in [3.63, 3.8) is 0 Å². The van der Waals surface area contributed by atoms with Crippen molar-refractivity contribution in [3.05, 3.63) is 109 Å². The molecule has 4 rings (SSSR count). The molecular weight excluding hydrogens is 430 g/mol. The molecule has 0 heterocycles. The summed E-state index contributed by atoms with van der Waals surface area (Å²) in [6.45, 7) is 0. The van der Waals surface area contributed by atoms with Gasteiger partial charge in [-0.15, -0.1) is 4.13 Å². The average molecular weight is 450 g/mol. The predicted octanol–water partition coefficient (Wildman–Crippen LogP) is 4.69. The third-order valence-electron chi connectivity index (χ3n) is 4.76. The highest BCUT2D eigenvalue weighted by Crippen LogP contribution is 2.23. The van der Waals surface area contributed by atoms with Crippen LogP contribution >= 0.6 is 0 Å². The number of benzene rings is 4. The number of rotatable bonds is 6. The van der Waals surface area contributed by atoms with Gasteiger partial charge in [-0.3, -0.25) is 0 Å². The molecule has 0 atom stereocenters. The van der Waals surface area contributed by atoms with Gasteiger partial charge in [0.15, 0.2) is 0 Å².